The topological polar surface area (TPSA) is 41.6 Å². The van der Waals surface area contributed by atoms with Crippen molar-refractivity contribution in [1.82, 2.24) is 10.2 Å². The van der Waals surface area contributed by atoms with Gasteiger partial charge in [0, 0.05) is 18.6 Å². The van der Waals surface area contributed by atoms with Gasteiger partial charge in [0.2, 0.25) is 5.91 Å². The number of nitrogens with zero attached hydrogens (tertiary/aromatic N) is 1. The first-order valence-corrected chi connectivity index (χ1v) is 7.94. The molecule has 2 fully saturated rings. The van der Waals surface area contributed by atoms with Gasteiger partial charge in [-0.3, -0.25) is 4.79 Å². The summed E-state index contributed by atoms with van der Waals surface area (Å²) in [4.78, 5) is 14.7. The fraction of sp³-hybridized carbons (Fsp3) is 0.588. The standard InChI is InChI=1S/C17H24N2O2/c1-21-14-8-6-13(7-9-14)12-17(20)19-11-3-5-16(19)15-4-2-10-18-15/h6-9,15-16,18H,2-5,10-12H2,1H3. The molecule has 1 aromatic carbocycles. The number of hydrogen-bond donors (Lipinski definition) is 1. The number of likely N-dealkylation sites (tertiary alicyclic amines) is 1. The number of nitrogens with one attached hydrogen (secondary N) is 1. The minimum Gasteiger partial charge on any atom is -0.497 e. The lowest BCUT2D eigenvalue weighted by Crippen LogP contribution is -2.47. The van der Waals surface area contributed by atoms with Crippen molar-refractivity contribution in [2.45, 2.75) is 44.2 Å². The molecule has 2 atom stereocenters. The van der Waals surface area contributed by atoms with Crippen molar-refractivity contribution in [3.05, 3.63) is 29.8 Å². The number of amides is 1. The van der Waals surface area contributed by atoms with Gasteiger partial charge in [0.25, 0.3) is 0 Å². The number of ether oxygens (including phenoxy) is 1. The molecule has 2 saturated heterocycles. The van der Waals surface area contributed by atoms with E-state index in [1.54, 1.807) is 7.11 Å². The van der Waals surface area contributed by atoms with E-state index in [4.69, 9.17) is 4.74 Å². The van der Waals surface area contributed by atoms with Gasteiger partial charge in [-0.05, 0) is 49.9 Å². The van der Waals surface area contributed by atoms with Crippen LogP contribution < -0.4 is 10.1 Å². The highest BCUT2D eigenvalue weighted by atomic mass is 16.5. The molecule has 3 rings (SSSR count). The third-order valence-electron chi connectivity index (χ3n) is 4.70. The zero-order valence-corrected chi connectivity index (χ0v) is 12.7. The zero-order chi connectivity index (χ0) is 14.7. The largest absolute Gasteiger partial charge is 0.497 e. The van der Waals surface area contributed by atoms with Crippen LogP contribution in [0.5, 0.6) is 5.75 Å². The molecule has 0 spiro atoms. The lowest BCUT2D eigenvalue weighted by molar-refractivity contribution is -0.131. The van der Waals surface area contributed by atoms with E-state index in [-0.39, 0.29) is 5.91 Å². The van der Waals surface area contributed by atoms with Gasteiger partial charge in [-0.25, -0.2) is 0 Å². The lowest BCUT2D eigenvalue weighted by atomic mass is 10.0. The lowest BCUT2D eigenvalue weighted by Gasteiger charge is -2.29. The van der Waals surface area contributed by atoms with Crippen LogP contribution in [0.1, 0.15) is 31.2 Å². The van der Waals surface area contributed by atoms with Gasteiger partial charge in [-0.2, -0.15) is 0 Å². The first kappa shape index (κ1) is 14.4. The molecule has 0 aliphatic carbocycles. The van der Waals surface area contributed by atoms with Crippen LogP contribution in [0.15, 0.2) is 24.3 Å². The first-order valence-electron chi connectivity index (χ1n) is 7.94. The number of benzene rings is 1. The second-order valence-corrected chi connectivity index (χ2v) is 6.02. The van der Waals surface area contributed by atoms with Crippen LogP contribution in [0.4, 0.5) is 0 Å². The van der Waals surface area contributed by atoms with Gasteiger partial charge in [-0.1, -0.05) is 12.1 Å². The summed E-state index contributed by atoms with van der Waals surface area (Å²) in [6.45, 7) is 2.01. The smallest absolute Gasteiger partial charge is 0.227 e. The summed E-state index contributed by atoms with van der Waals surface area (Å²) in [6, 6.07) is 8.71. The highest BCUT2D eigenvalue weighted by Gasteiger charge is 2.35. The average molecular weight is 288 g/mol. The summed E-state index contributed by atoms with van der Waals surface area (Å²) in [7, 11) is 1.66. The summed E-state index contributed by atoms with van der Waals surface area (Å²) >= 11 is 0. The molecule has 21 heavy (non-hydrogen) atoms. The van der Waals surface area contributed by atoms with Crippen molar-refractivity contribution in [3.8, 4) is 5.75 Å². The molecule has 1 amide bonds. The molecular weight excluding hydrogens is 264 g/mol. The maximum atomic E-state index is 12.6. The third kappa shape index (κ3) is 3.21. The van der Waals surface area contributed by atoms with E-state index in [1.165, 1.54) is 12.8 Å². The molecule has 0 saturated carbocycles. The Morgan fingerprint density at radius 3 is 2.76 bits per heavy atom. The SMILES string of the molecule is COc1ccc(CC(=O)N2CCCC2C2CCCN2)cc1. The highest BCUT2D eigenvalue weighted by Crippen LogP contribution is 2.25. The van der Waals surface area contributed by atoms with E-state index >= 15 is 0 Å². The Kier molecular flexibility index (Phi) is 4.44. The molecule has 1 N–H and O–H groups in total. The van der Waals surface area contributed by atoms with Crippen LogP contribution in [0.25, 0.3) is 0 Å². The number of hydrogen-bond acceptors (Lipinski definition) is 3. The van der Waals surface area contributed by atoms with E-state index < -0.39 is 0 Å². The van der Waals surface area contributed by atoms with Gasteiger partial charge in [-0.15, -0.1) is 0 Å². The number of methoxy groups -OCH3 is 1. The molecule has 2 unspecified atom stereocenters. The summed E-state index contributed by atoms with van der Waals surface area (Å²) < 4.78 is 5.15. The van der Waals surface area contributed by atoms with Gasteiger partial charge in [0.1, 0.15) is 5.75 Å². The number of rotatable bonds is 4. The van der Waals surface area contributed by atoms with Crippen molar-refractivity contribution in [1.29, 1.82) is 0 Å². The minimum atomic E-state index is 0.261. The van der Waals surface area contributed by atoms with Gasteiger partial charge < -0.3 is 15.0 Å². The monoisotopic (exact) mass is 288 g/mol. The summed E-state index contributed by atoms with van der Waals surface area (Å²) in [5, 5.41) is 3.55. The predicted octanol–water partition coefficient (Wildman–Crippen LogP) is 1.98. The molecule has 114 valence electrons. The van der Waals surface area contributed by atoms with E-state index in [0.29, 0.717) is 18.5 Å². The predicted molar refractivity (Wildman–Crippen MR) is 82.5 cm³/mol. The molecule has 2 aliphatic rings. The van der Waals surface area contributed by atoms with Crippen LogP contribution in [0.2, 0.25) is 0 Å². The Balaban J connectivity index is 1.63. The minimum absolute atomic E-state index is 0.261. The third-order valence-corrected chi connectivity index (χ3v) is 4.70. The molecule has 0 aromatic heterocycles. The van der Waals surface area contributed by atoms with E-state index in [1.807, 2.05) is 24.3 Å². The average Bonchev–Trinajstić information content (AvgIpc) is 3.18. The Hall–Kier alpha value is -1.55. The summed E-state index contributed by atoms with van der Waals surface area (Å²) in [5.74, 6) is 1.09. The highest BCUT2D eigenvalue weighted by molar-refractivity contribution is 5.79. The Morgan fingerprint density at radius 2 is 2.10 bits per heavy atom. The first-order chi connectivity index (χ1) is 10.3. The molecule has 0 bridgehead atoms. The molecular formula is C17H24N2O2. The molecule has 2 aliphatic heterocycles. The zero-order valence-electron chi connectivity index (χ0n) is 12.7. The quantitative estimate of drug-likeness (QED) is 0.921. The van der Waals surface area contributed by atoms with E-state index in [2.05, 4.69) is 10.2 Å². The van der Waals surface area contributed by atoms with Gasteiger partial charge in [0.05, 0.1) is 13.5 Å². The Labute approximate surface area is 126 Å². The molecule has 4 nitrogen and oxygen atoms in total. The maximum absolute atomic E-state index is 12.6. The second kappa shape index (κ2) is 6.48. The summed E-state index contributed by atoms with van der Waals surface area (Å²) in [6.07, 6.45) is 5.22. The van der Waals surface area contributed by atoms with E-state index in [9.17, 15) is 4.79 Å². The van der Waals surface area contributed by atoms with Crippen LogP contribution >= 0.6 is 0 Å². The Bertz CT molecular complexity index is 480. The van der Waals surface area contributed by atoms with Crippen molar-refractivity contribution >= 4 is 5.91 Å². The summed E-state index contributed by atoms with van der Waals surface area (Å²) in [5.41, 5.74) is 1.06. The Morgan fingerprint density at radius 1 is 1.29 bits per heavy atom. The van der Waals surface area contributed by atoms with Crippen LogP contribution in [-0.2, 0) is 11.2 Å². The fourth-order valence-electron chi connectivity index (χ4n) is 3.58. The van der Waals surface area contributed by atoms with Gasteiger partial charge in [0.15, 0.2) is 0 Å². The molecule has 4 heteroatoms. The molecule has 2 heterocycles. The second-order valence-electron chi connectivity index (χ2n) is 6.02. The van der Waals surface area contributed by atoms with E-state index in [0.717, 1.165) is 37.2 Å². The van der Waals surface area contributed by atoms with Crippen LogP contribution in [-0.4, -0.2) is 43.1 Å². The number of carbonyl (C=O) groups excluding carboxylic acids is 1. The molecule has 0 radical (unpaired) electrons. The number of carbonyl (C=O) groups is 1. The maximum Gasteiger partial charge on any atom is 0.227 e. The normalized spacial score (nSPS) is 25.3. The van der Waals surface area contributed by atoms with Crippen molar-refractivity contribution < 1.29 is 9.53 Å². The van der Waals surface area contributed by atoms with Crippen molar-refractivity contribution in [3.63, 3.8) is 0 Å². The van der Waals surface area contributed by atoms with Gasteiger partial charge >= 0.3 is 0 Å². The fourth-order valence-corrected chi connectivity index (χ4v) is 3.58. The van der Waals surface area contributed by atoms with Crippen molar-refractivity contribution in [2.75, 3.05) is 20.2 Å². The van der Waals surface area contributed by atoms with Crippen LogP contribution in [0, 0.1) is 0 Å². The van der Waals surface area contributed by atoms with Crippen LogP contribution in [0.3, 0.4) is 0 Å². The molecule has 1 aromatic rings. The van der Waals surface area contributed by atoms with Crippen molar-refractivity contribution in [2.24, 2.45) is 0 Å².